The zero-order valence-electron chi connectivity index (χ0n) is 15.9. The highest BCUT2D eigenvalue weighted by Crippen LogP contribution is 1.97. The molecule has 0 fully saturated rings. The first-order valence-electron chi connectivity index (χ1n) is 9.54. The van der Waals surface area contributed by atoms with Gasteiger partial charge in [0.05, 0.1) is 0 Å². The van der Waals surface area contributed by atoms with E-state index in [2.05, 4.69) is 35.1 Å². The molecule has 0 aliphatic rings. The molecule has 0 rings (SSSR count). The smallest absolute Gasteiger partial charge is 0.00490 e. The van der Waals surface area contributed by atoms with Crippen molar-refractivity contribution in [2.75, 3.05) is 53.4 Å². The third-order valence-corrected chi connectivity index (χ3v) is 3.56. The molecule has 0 aromatic carbocycles. The fourth-order valence-corrected chi connectivity index (χ4v) is 2.16. The van der Waals surface area contributed by atoms with Gasteiger partial charge in [-0.2, -0.15) is 0 Å². The van der Waals surface area contributed by atoms with E-state index >= 15 is 0 Å². The Morgan fingerprint density at radius 2 is 0.773 bits per heavy atom. The quantitative estimate of drug-likeness (QED) is 0.331. The highest BCUT2D eigenvalue weighted by molar-refractivity contribution is 4.49. The van der Waals surface area contributed by atoms with E-state index in [1.807, 2.05) is 14.1 Å². The third-order valence-electron chi connectivity index (χ3n) is 3.56. The van der Waals surface area contributed by atoms with E-state index in [-0.39, 0.29) is 0 Å². The maximum Gasteiger partial charge on any atom is -0.00490 e. The van der Waals surface area contributed by atoms with E-state index in [0.717, 1.165) is 13.1 Å². The van der Waals surface area contributed by atoms with Crippen LogP contribution in [0.15, 0.2) is 0 Å². The van der Waals surface area contributed by atoms with Crippen molar-refractivity contribution < 1.29 is 0 Å². The number of hydrogen-bond acceptors (Lipinski definition) is 4. The van der Waals surface area contributed by atoms with Gasteiger partial charge in [-0.3, -0.25) is 0 Å². The van der Waals surface area contributed by atoms with E-state index < -0.39 is 0 Å². The fraction of sp³-hybridized carbons (Fsp3) is 1.00. The van der Waals surface area contributed by atoms with Gasteiger partial charge in [-0.1, -0.05) is 39.5 Å². The van der Waals surface area contributed by atoms with Crippen LogP contribution in [0.2, 0.25) is 0 Å². The Balaban J connectivity index is 0. The molecular formula is C18H44N4. The summed E-state index contributed by atoms with van der Waals surface area (Å²) in [5, 5.41) is 13.0. The monoisotopic (exact) mass is 316 g/mol. The summed E-state index contributed by atoms with van der Waals surface area (Å²) in [4.78, 5) is 0. The lowest BCUT2D eigenvalue weighted by Gasteiger charge is -2.02. The van der Waals surface area contributed by atoms with Gasteiger partial charge in [0.15, 0.2) is 0 Å². The second-order valence-corrected chi connectivity index (χ2v) is 5.74. The Kier molecular flexibility index (Phi) is 28.2. The maximum absolute atomic E-state index is 3.33. The lowest BCUT2D eigenvalue weighted by Crippen LogP contribution is -2.15. The predicted octanol–water partition coefficient (Wildman–Crippen LogP) is 2.75. The minimum atomic E-state index is 1.11. The summed E-state index contributed by atoms with van der Waals surface area (Å²) >= 11 is 0. The van der Waals surface area contributed by atoms with Gasteiger partial charge in [0.2, 0.25) is 0 Å². The molecule has 4 nitrogen and oxygen atoms in total. The normalized spacial score (nSPS) is 10.4. The van der Waals surface area contributed by atoms with Crippen molar-refractivity contribution in [3.8, 4) is 0 Å². The van der Waals surface area contributed by atoms with E-state index in [0.29, 0.717) is 0 Å². The molecule has 0 heterocycles. The summed E-state index contributed by atoms with van der Waals surface area (Å²) in [6.07, 6.45) is 10.8. The van der Waals surface area contributed by atoms with Gasteiger partial charge in [-0.15, -0.1) is 0 Å². The Bertz CT molecular complexity index is 147. The third kappa shape index (κ3) is 28.1. The number of unbranched alkanes of at least 4 members (excludes halogenated alkanes) is 6. The Morgan fingerprint density at radius 1 is 0.455 bits per heavy atom. The standard InChI is InChI=1S/C10H24N2.C8H20N2/c1-3-11-9-7-5-6-8-10-12-4-2;1-9-7-5-3-4-6-8-10-2/h11-12H,3-10H2,1-2H3;9-10H,3-8H2,1-2H3. The molecule has 0 radical (unpaired) electrons. The molecule has 0 amide bonds. The zero-order chi connectivity index (χ0) is 16.7. The second-order valence-electron chi connectivity index (χ2n) is 5.74. The molecule has 0 unspecified atom stereocenters. The minimum Gasteiger partial charge on any atom is -0.320 e. The van der Waals surface area contributed by atoms with Crippen molar-refractivity contribution in [2.24, 2.45) is 0 Å². The fourth-order valence-electron chi connectivity index (χ4n) is 2.16. The molecule has 0 atom stereocenters. The first-order valence-corrected chi connectivity index (χ1v) is 9.54. The summed E-state index contributed by atoms with van der Waals surface area (Å²) in [7, 11) is 4.02. The van der Waals surface area contributed by atoms with Crippen LogP contribution in [0.5, 0.6) is 0 Å². The highest BCUT2D eigenvalue weighted by Gasteiger charge is 1.89. The van der Waals surface area contributed by atoms with E-state index in [9.17, 15) is 0 Å². The van der Waals surface area contributed by atoms with E-state index in [1.165, 1.54) is 77.5 Å². The van der Waals surface area contributed by atoms with Crippen molar-refractivity contribution in [1.82, 2.24) is 21.3 Å². The van der Waals surface area contributed by atoms with Crippen LogP contribution in [0.25, 0.3) is 0 Å². The summed E-state index contributed by atoms with van der Waals surface area (Å²) in [6, 6.07) is 0. The summed E-state index contributed by atoms with van der Waals surface area (Å²) in [6.45, 7) is 11.2. The SMILES string of the molecule is CCNCCCCCCNCC.CNCCCCCCNC. The lowest BCUT2D eigenvalue weighted by atomic mass is 10.2. The van der Waals surface area contributed by atoms with Crippen molar-refractivity contribution in [3.05, 3.63) is 0 Å². The summed E-state index contributed by atoms with van der Waals surface area (Å²) in [5.74, 6) is 0. The van der Waals surface area contributed by atoms with Crippen LogP contribution in [0.3, 0.4) is 0 Å². The van der Waals surface area contributed by atoms with Crippen molar-refractivity contribution >= 4 is 0 Å². The molecule has 0 aromatic heterocycles. The molecule has 4 heteroatoms. The maximum atomic E-state index is 3.33. The van der Waals surface area contributed by atoms with Gasteiger partial charge in [0.25, 0.3) is 0 Å². The zero-order valence-corrected chi connectivity index (χ0v) is 15.9. The molecule has 0 bridgehead atoms. The molecule has 0 spiro atoms. The predicted molar refractivity (Wildman–Crippen MR) is 102 cm³/mol. The first-order chi connectivity index (χ1) is 10.8. The molecule has 4 N–H and O–H groups in total. The average molecular weight is 317 g/mol. The van der Waals surface area contributed by atoms with Crippen LogP contribution < -0.4 is 21.3 Å². The number of nitrogens with one attached hydrogen (secondary N) is 4. The van der Waals surface area contributed by atoms with Gasteiger partial charge in [-0.25, -0.2) is 0 Å². The van der Waals surface area contributed by atoms with Crippen LogP contribution in [0.4, 0.5) is 0 Å². The molecular weight excluding hydrogens is 272 g/mol. The van der Waals surface area contributed by atoms with Crippen LogP contribution in [0.1, 0.15) is 65.2 Å². The van der Waals surface area contributed by atoms with Crippen LogP contribution in [-0.4, -0.2) is 53.4 Å². The first kappa shape index (κ1) is 24.1. The molecule has 136 valence electrons. The van der Waals surface area contributed by atoms with Gasteiger partial charge in [0.1, 0.15) is 0 Å². The molecule has 0 saturated carbocycles. The Labute approximate surface area is 140 Å². The van der Waals surface area contributed by atoms with E-state index in [1.54, 1.807) is 0 Å². The number of hydrogen-bond donors (Lipinski definition) is 4. The van der Waals surface area contributed by atoms with Crippen molar-refractivity contribution in [3.63, 3.8) is 0 Å². The average Bonchev–Trinajstić information content (AvgIpc) is 2.54. The largest absolute Gasteiger partial charge is 0.320 e. The van der Waals surface area contributed by atoms with Crippen LogP contribution in [0, 0.1) is 0 Å². The minimum absolute atomic E-state index is 1.11. The summed E-state index contributed by atoms with van der Waals surface area (Å²) in [5.41, 5.74) is 0. The van der Waals surface area contributed by atoms with Gasteiger partial charge in [-0.05, 0) is 79.0 Å². The molecule has 0 aliphatic heterocycles. The van der Waals surface area contributed by atoms with Gasteiger partial charge < -0.3 is 21.3 Å². The topological polar surface area (TPSA) is 48.1 Å². The molecule has 0 aliphatic carbocycles. The molecule has 0 aromatic rings. The van der Waals surface area contributed by atoms with Crippen LogP contribution >= 0.6 is 0 Å². The Morgan fingerprint density at radius 3 is 1.05 bits per heavy atom. The lowest BCUT2D eigenvalue weighted by molar-refractivity contribution is 0.575. The molecule has 22 heavy (non-hydrogen) atoms. The van der Waals surface area contributed by atoms with Gasteiger partial charge in [0, 0.05) is 0 Å². The Hall–Kier alpha value is -0.160. The van der Waals surface area contributed by atoms with Crippen LogP contribution in [-0.2, 0) is 0 Å². The second kappa shape index (κ2) is 25.8. The van der Waals surface area contributed by atoms with Crippen molar-refractivity contribution in [2.45, 2.75) is 65.2 Å². The highest BCUT2D eigenvalue weighted by atomic mass is 14.8. The number of rotatable bonds is 16. The summed E-state index contributed by atoms with van der Waals surface area (Å²) < 4.78 is 0. The van der Waals surface area contributed by atoms with Crippen molar-refractivity contribution in [1.29, 1.82) is 0 Å². The molecule has 0 saturated heterocycles. The van der Waals surface area contributed by atoms with Gasteiger partial charge >= 0.3 is 0 Å². The van der Waals surface area contributed by atoms with E-state index in [4.69, 9.17) is 0 Å².